The summed E-state index contributed by atoms with van der Waals surface area (Å²) in [5, 5.41) is 8.50. The molecular formula is C15H29O2. The van der Waals surface area contributed by atoms with Crippen LogP contribution in [-0.4, -0.2) is 24.9 Å². The molecular weight excluding hydrogens is 212 g/mol. The number of allylic oxidation sites excluding steroid dienone is 1. The number of hydrogen-bond donors (Lipinski definition) is 1. The Kier molecular flexibility index (Phi) is 15.3. The van der Waals surface area contributed by atoms with Gasteiger partial charge in [-0.3, -0.25) is 0 Å². The number of aliphatic hydroxyl groups excluding tert-OH is 1. The molecule has 101 valence electrons. The highest BCUT2D eigenvalue weighted by Crippen LogP contribution is 2.10. The molecule has 0 aliphatic heterocycles. The summed E-state index contributed by atoms with van der Waals surface area (Å²) >= 11 is 0. The van der Waals surface area contributed by atoms with E-state index in [4.69, 9.17) is 9.84 Å². The van der Waals surface area contributed by atoms with Gasteiger partial charge in [0, 0.05) is 6.61 Å². The van der Waals surface area contributed by atoms with E-state index in [9.17, 15) is 0 Å². The van der Waals surface area contributed by atoms with E-state index in [1.165, 1.54) is 51.4 Å². The van der Waals surface area contributed by atoms with Crippen LogP contribution in [0, 0.1) is 6.42 Å². The van der Waals surface area contributed by atoms with E-state index < -0.39 is 0 Å². The predicted molar refractivity (Wildman–Crippen MR) is 74.0 cm³/mol. The summed E-state index contributed by atoms with van der Waals surface area (Å²) in [7, 11) is 0. The topological polar surface area (TPSA) is 29.5 Å². The molecule has 0 spiro atoms. The first-order chi connectivity index (χ1) is 8.41. The third-order valence-electron chi connectivity index (χ3n) is 2.79. The SMILES string of the molecule is C=CCCCCCCCCC[CH]COCCO. The minimum atomic E-state index is 0.125. The van der Waals surface area contributed by atoms with Crippen LogP contribution >= 0.6 is 0 Å². The Morgan fingerprint density at radius 1 is 0.882 bits per heavy atom. The van der Waals surface area contributed by atoms with Crippen molar-refractivity contribution in [2.45, 2.75) is 57.8 Å². The van der Waals surface area contributed by atoms with Crippen LogP contribution in [-0.2, 0) is 4.74 Å². The van der Waals surface area contributed by atoms with Gasteiger partial charge in [-0.1, -0.05) is 44.6 Å². The average molecular weight is 241 g/mol. The molecule has 17 heavy (non-hydrogen) atoms. The van der Waals surface area contributed by atoms with E-state index in [0.29, 0.717) is 13.2 Å². The molecule has 0 saturated heterocycles. The Morgan fingerprint density at radius 2 is 1.47 bits per heavy atom. The largest absolute Gasteiger partial charge is 0.394 e. The van der Waals surface area contributed by atoms with Crippen LogP contribution in [0.1, 0.15) is 57.8 Å². The first kappa shape index (κ1) is 16.7. The highest BCUT2D eigenvalue weighted by molar-refractivity contribution is 4.65. The number of unbranched alkanes of at least 4 members (excludes halogenated alkanes) is 9. The van der Waals surface area contributed by atoms with E-state index in [0.717, 1.165) is 6.42 Å². The van der Waals surface area contributed by atoms with Crippen molar-refractivity contribution in [1.29, 1.82) is 0 Å². The highest BCUT2D eigenvalue weighted by atomic mass is 16.5. The summed E-state index contributed by atoms with van der Waals surface area (Å²) in [6.45, 7) is 4.99. The zero-order valence-corrected chi connectivity index (χ0v) is 11.2. The first-order valence-corrected chi connectivity index (χ1v) is 7.03. The number of rotatable bonds is 14. The Hall–Kier alpha value is -0.340. The van der Waals surface area contributed by atoms with Gasteiger partial charge in [0.25, 0.3) is 0 Å². The fourth-order valence-corrected chi connectivity index (χ4v) is 1.78. The van der Waals surface area contributed by atoms with Gasteiger partial charge in [0.15, 0.2) is 0 Å². The lowest BCUT2D eigenvalue weighted by molar-refractivity contribution is 0.105. The molecule has 0 aliphatic carbocycles. The molecule has 0 atom stereocenters. The third-order valence-corrected chi connectivity index (χ3v) is 2.79. The Bertz CT molecular complexity index is 146. The highest BCUT2D eigenvalue weighted by Gasteiger charge is 1.93. The Labute approximate surface area is 107 Å². The monoisotopic (exact) mass is 241 g/mol. The first-order valence-electron chi connectivity index (χ1n) is 7.03. The summed E-state index contributed by atoms with van der Waals surface area (Å²) < 4.78 is 5.15. The van der Waals surface area contributed by atoms with Crippen LogP contribution in [0.5, 0.6) is 0 Å². The van der Waals surface area contributed by atoms with Crippen LogP contribution in [0.2, 0.25) is 0 Å². The van der Waals surface area contributed by atoms with E-state index in [-0.39, 0.29) is 6.61 Å². The van der Waals surface area contributed by atoms with Gasteiger partial charge < -0.3 is 9.84 Å². The molecule has 0 fully saturated rings. The van der Waals surface area contributed by atoms with Crippen LogP contribution in [0.4, 0.5) is 0 Å². The summed E-state index contributed by atoms with van der Waals surface area (Å²) in [5.41, 5.74) is 0. The molecule has 1 radical (unpaired) electrons. The standard InChI is InChI=1S/C15H29O2/c1-2-3-4-5-6-7-8-9-10-11-12-14-17-15-13-16/h2,12,16H,1,3-11,13-15H2. The molecule has 0 amide bonds. The number of ether oxygens (including phenoxy) is 1. The second-order valence-corrected chi connectivity index (χ2v) is 4.43. The molecule has 0 rings (SSSR count). The van der Waals surface area contributed by atoms with Crippen LogP contribution in [0.15, 0.2) is 12.7 Å². The van der Waals surface area contributed by atoms with Gasteiger partial charge >= 0.3 is 0 Å². The van der Waals surface area contributed by atoms with Gasteiger partial charge in [-0.25, -0.2) is 0 Å². The maximum absolute atomic E-state index is 8.50. The lowest BCUT2D eigenvalue weighted by atomic mass is 10.1. The van der Waals surface area contributed by atoms with Gasteiger partial charge in [-0.05, 0) is 25.7 Å². The van der Waals surface area contributed by atoms with Gasteiger partial charge in [0.1, 0.15) is 0 Å². The summed E-state index contributed by atoms with van der Waals surface area (Å²) in [5.74, 6) is 0. The van der Waals surface area contributed by atoms with Crippen molar-refractivity contribution in [2.24, 2.45) is 0 Å². The smallest absolute Gasteiger partial charge is 0.0697 e. The molecule has 0 saturated carbocycles. The molecule has 0 aliphatic rings. The minimum absolute atomic E-state index is 0.125. The molecule has 0 bridgehead atoms. The van der Waals surface area contributed by atoms with Gasteiger partial charge in [0.2, 0.25) is 0 Å². The summed E-state index contributed by atoms with van der Waals surface area (Å²) in [4.78, 5) is 0. The average Bonchev–Trinajstić information content (AvgIpc) is 2.35. The van der Waals surface area contributed by atoms with Gasteiger partial charge in [-0.2, -0.15) is 0 Å². The molecule has 2 nitrogen and oxygen atoms in total. The van der Waals surface area contributed by atoms with Crippen molar-refractivity contribution in [1.82, 2.24) is 0 Å². The fraction of sp³-hybridized carbons (Fsp3) is 0.800. The summed E-state index contributed by atoms with van der Waals surface area (Å²) in [6.07, 6.45) is 15.9. The molecule has 0 aromatic rings. The maximum atomic E-state index is 8.50. The second kappa shape index (κ2) is 15.7. The second-order valence-electron chi connectivity index (χ2n) is 4.43. The van der Waals surface area contributed by atoms with E-state index in [2.05, 4.69) is 13.0 Å². The van der Waals surface area contributed by atoms with Crippen molar-refractivity contribution in [3.8, 4) is 0 Å². The van der Waals surface area contributed by atoms with E-state index in [1.54, 1.807) is 0 Å². The van der Waals surface area contributed by atoms with Crippen molar-refractivity contribution in [3.63, 3.8) is 0 Å². The van der Waals surface area contributed by atoms with Crippen LogP contribution < -0.4 is 0 Å². The Morgan fingerprint density at radius 3 is 2.06 bits per heavy atom. The molecule has 0 aromatic heterocycles. The molecule has 0 aromatic carbocycles. The zero-order chi connectivity index (χ0) is 12.6. The Balaban J connectivity index is 2.87. The lowest BCUT2D eigenvalue weighted by Gasteiger charge is -2.03. The van der Waals surface area contributed by atoms with Crippen molar-refractivity contribution < 1.29 is 9.84 Å². The molecule has 2 heteroatoms. The van der Waals surface area contributed by atoms with Crippen molar-refractivity contribution in [3.05, 3.63) is 19.1 Å². The lowest BCUT2D eigenvalue weighted by Crippen LogP contribution is -2.00. The van der Waals surface area contributed by atoms with Gasteiger partial charge in [-0.15, -0.1) is 6.58 Å². The number of aliphatic hydroxyl groups is 1. The number of hydrogen-bond acceptors (Lipinski definition) is 2. The molecule has 0 heterocycles. The van der Waals surface area contributed by atoms with E-state index in [1.807, 2.05) is 6.08 Å². The van der Waals surface area contributed by atoms with Crippen molar-refractivity contribution in [2.75, 3.05) is 19.8 Å². The van der Waals surface area contributed by atoms with Crippen LogP contribution in [0.25, 0.3) is 0 Å². The predicted octanol–water partition coefficient (Wildman–Crippen LogP) is 3.90. The molecule has 0 unspecified atom stereocenters. The summed E-state index contributed by atoms with van der Waals surface area (Å²) in [6, 6.07) is 0. The molecule has 1 N–H and O–H groups in total. The zero-order valence-electron chi connectivity index (χ0n) is 11.2. The van der Waals surface area contributed by atoms with Crippen LogP contribution in [0.3, 0.4) is 0 Å². The van der Waals surface area contributed by atoms with Gasteiger partial charge in [0.05, 0.1) is 13.2 Å². The fourth-order valence-electron chi connectivity index (χ4n) is 1.78. The minimum Gasteiger partial charge on any atom is -0.394 e. The quantitative estimate of drug-likeness (QED) is 0.369. The van der Waals surface area contributed by atoms with Crippen molar-refractivity contribution >= 4 is 0 Å². The van der Waals surface area contributed by atoms with E-state index >= 15 is 0 Å². The third kappa shape index (κ3) is 15.7. The normalized spacial score (nSPS) is 10.6. The maximum Gasteiger partial charge on any atom is 0.0697 e.